The highest BCUT2D eigenvalue weighted by Gasteiger charge is 2.35. The molecule has 29 heavy (non-hydrogen) atoms. The standard InChI is InChI=1S/C19H27F3N6O/c1-2-29-16-17(24)25-12-26-18(16)28-9-7-27(8-10-28)15(11-23)13-3-5-14(6-4-13)19(20,21)22/h3,5-6,12-13,15H,2,4,7-11,23H2,1H3,(H2,24,25,26). The number of hydrogen-bond donors (Lipinski definition) is 2. The first kappa shape index (κ1) is 21.4. The number of hydrogen-bond acceptors (Lipinski definition) is 7. The highest BCUT2D eigenvalue weighted by Crippen LogP contribution is 2.34. The van der Waals surface area contributed by atoms with Crippen LogP contribution in [-0.4, -0.2) is 66.4 Å². The third-order valence-corrected chi connectivity index (χ3v) is 5.38. The van der Waals surface area contributed by atoms with Crippen LogP contribution in [-0.2, 0) is 0 Å². The quantitative estimate of drug-likeness (QED) is 0.738. The summed E-state index contributed by atoms with van der Waals surface area (Å²) in [7, 11) is 0. The number of allylic oxidation sites excluding steroid dienone is 3. The van der Waals surface area contributed by atoms with E-state index in [1.54, 1.807) is 6.08 Å². The normalized spacial score (nSPS) is 21.8. The first-order valence-corrected chi connectivity index (χ1v) is 9.73. The van der Waals surface area contributed by atoms with Crippen LogP contribution in [0.2, 0.25) is 0 Å². The number of rotatable bonds is 6. The zero-order valence-electron chi connectivity index (χ0n) is 16.4. The second kappa shape index (κ2) is 9.00. The van der Waals surface area contributed by atoms with Crippen molar-refractivity contribution in [3.8, 4) is 5.75 Å². The van der Waals surface area contributed by atoms with Crippen molar-refractivity contribution in [2.75, 3.05) is 50.0 Å². The van der Waals surface area contributed by atoms with E-state index in [-0.39, 0.29) is 12.0 Å². The van der Waals surface area contributed by atoms with Crippen LogP contribution in [0.4, 0.5) is 24.8 Å². The Bertz CT molecular complexity index is 759. The molecule has 10 heteroatoms. The second-order valence-corrected chi connectivity index (χ2v) is 7.09. The number of halogens is 3. The predicted molar refractivity (Wildman–Crippen MR) is 106 cm³/mol. The van der Waals surface area contributed by atoms with Crippen molar-refractivity contribution in [3.05, 3.63) is 30.1 Å². The Kier molecular flexibility index (Phi) is 6.63. The van der Waals surface area contributed by atoms with E-state index < -0.39 is 11.7 Å². The van der Waals surface area contributed by atoms with Gasteiger partial charge in [-0.1, -0.05) is 18.2 Å². The number of aromatic nitrogens is 2. The molecule has 2 aliphatic rings. The molecule has 7 nitrogen and oxygen atoms in total. The molecule has 3 rings (SSSR count). The molecular formula is C19H27F3N6O. The maximum atomic E-state index is 12.8. The van der Waals surface area contributed by atoms with Crippen molar-refractivity contribution in [2.24, 2.45) is 11.7 Å². The molecular weight excluding hydrogens is 385 g/mol. The Morgan fingerprint density at radius 2 is 1.97 bits per heavy atom. The van der Waals surface area contributed by atoms with Gasteiger partial charge in [0.05, 0.1) is 12.2 Å². The molecule has 2 atom stereocenters. The summed E-state index contributed by atoms with van der Waals surface area (Å²) in [5, 5.41) is 0. The number of nitrogens with two attached hydrogens (primary N) is 2. The zero-order chi connectivity index (χ0) is 21.0. The number of anilines is 2. The lowest BCUT2D eigenvalue weighted by molar-refractivity contribution is -0.0888. The van der Waals surface area contributed by atoms with Crippen LogP contribution in [0, 0.1) is 5.92 Å². The van der Waals surface area contributed by atoms with Gasteiger partial charge in [0.15, 0.2) is 11.6 Å². The van der Waals surface area contributed by atoms with E-state index in [2.05, 4.69) is 19.8 Å². The summed E-state index contributed by atoms with van der Waals surface area (Å²) in [4.78, 5) is 12.7. The molecule has 0 radical (unpaired) electrons. The first-order chi connectivity index (χ1) is 13.8. The van der Waals surface area contributed by atoms with Gasteiger partial charge in [-0.15, -0.1) is 0 Å². The van der Waals surface area contributed by atoms with Crippen molar-refractivity contribution in [3.63, 3.8) is 0 Å². The monoisotopic (exact) mass is 412 g/mol. The summed E-state index contributed by atoms with van der Waals surface area (Å²) in [6.07, 6.45) is 1.53. The number of nitrogen functional groups attached to an aromatic ring is 1. The van der Waals surface area contributed by atoms with E-state index >= 15 is 0 Å². The molecule has 1 saturated heterocycles. The van der Waals surface area contributed by atoms with Gasteiger partial charge in [0.1, 0.15) is 6.33 Å². The van der Waals surface area contributed by atoms with E-state index in [4.69, 9.17) is 16.2 Å². The molecule has 1 fully saturated rings. The van der Waals surface area contributed by atoms with Crippen molar-refractivity contribution in [1.29, 1.82) is 0 Å². The summed E-state index contributed by atoms with van der Waals surface area (Å²) >= 11 is 0. The summed E-state index contributed by atoms with van der Waals surface area (Å²) in [5.74, 6) is 1.42. The van der Waals surface area contributed by atoms with E-state index in [1.165, 1.54) is 18.5 Å². The molecule has 160 valence electrons. The Morgan fingerprint density at radius 1 is 1.24 bits per heavy atom. The van der Waals surface area contributed by atoms with Crippen LogP contribution in [0.1, 0.15) is 13.3 Å². The fraction of sp³-hybridized carbons (Fsp3) is 0.579. The minimum atomic E-state index is -4.30. The van der Waals surface area contributed by atoms with Crippen molar-refractivity contribution < 1.29 is 17.9 Å². The number of piperazine rings is 1. The van der Waals surface area contributed by atoms with Crippen LogP contribution in [0.15, 0.2) is 30.1 Å². The van der Waals surface area contributed by atoms with Gasteiger partial charge in [0.2, 0.25) is 5.75 Å². The molecule has 4 N–H and O–H groups in total. The summed E-state index contributed by atoms with van der Waals surface area (Å²) in [5.41, 5.74) is 11.3. The number of ether oxygens (including phenoxy) is 1. The number of nitrogens with zero attached hydrogens (tertiary/aromatic N) is 4. The van der Waals surface area contributed by atoms with Gasteiger partial charge in [-0.2, -0.15) is 13.2 Å². The first-order valence-electron chi connectivity index (χ1n) is 9.73. The lowest BCUT2D eigenvalue weighted by Crippen LogP contribution is -2.54. The Labute approximate surface area is 168 Å². The second-order valence-electron chi connectivity index (χ2n) is 7.09. The van der Waals surface area contributed by atoms with E-state index in [1.807, 2.05) is 6.92 Å². The van der Waals surface area contributed by atoms with Crippen LogP contribution < -0.4 is 21.1 Å². The lowest BCUT2D eigenvalue weighted by Gasteiger charge is -2.42. The highest BCUT2D eigenvalue weighted by atomic mass is 19.4. The SMILES string of the molecule is CCOc1c(N)ncnc1N1CCN(C(CN)C2C=CC(C(F)(F)F)=CC2)CC1. The lowest BCUT2D eigenvalue weighted by atomic mass is 9.88. The minimum Gasteiger partial charge on any atom is -0.487 e. The number of alkyl halides is 3. The molecule has 1 aliphatic carbocycles. The van der Waals surface area contributed by atoms with Gasteiger partial charge >= 0.3 is 6.18 Å². The Balaban J connectivity index is 1.64. The van der Waals surface area contributed by atoms with Crippen LogP contribution in [0.25, 0.3) is 0 Å². The Hall–Kier alpha value is -2.33. The molecule has 1 aromatic heterocycles. The largest absolute Gasteiger partial charge is 0.487 e. The molecule has 0 amide bonds. The van der Waals surface area contributed by atoms with Gasteiger partial charge in [-0.05, 0) is 19.3 Å². The minimum absolute atomic E-state index is 0.0127. The fourth-order valence-corrected chi connectivity index (χ4v) is 3.88. The van der Waals surface area contributed by atoms with E-state index in [9.17, 15) is 13.2 Å². The molecule has 1 aromatic rings. The van der Waals surface area contributed by atoms with Crippen LogP contribution in [0.3, 0.4) is 0 Å². The molecule has 0 bridgehead atoms. The smallest absolute Gasteiger partial charge is 0.416 e. The molecule has 1 aliphatic heterocycles. The average molecular weight is 412 g/mol. The summed E-state index contributed by atoms with van der Waals surface area (Å²) in [6.45, 7) is 5.53. The summed E-state index contributed by atoms with van der Waals surface area (Å²) < 4.78 is 44.1. The fourth-order valence-electron chi connectivity index (χ4n) is 3.88. The van der Waals surface area contributed by atoms with Crippen LogP contribution >= 0.6 is 0 Å². The third kappa shape index (κ3) is 4.81. The van der Waals surface area contributed by atoms with Gasteiger partial charge in [-0.25, -0.2) is 9.97 Å². The highest BCUT2D eigenvalue weighted by molar-refractivity contribution is 5.62. The maximum absolute atomic E-state index is 12.8. The molecule has 0 aromatic carbocycles. The predicted octanol–water partition coefficient (Wildman–Crippen LogP) is 1.97. The Morgan fingerprint density at radius 3 is 2.52 bits per heavy atom. The van der Waals surface area contributed by atoms with Crippen molar-refractivity contribution in [1.82, 2.24) is 14.9 Å². The van der Waals surface area contributed by atoms with Crippen LogP contribution in [0.5, 0.6) is 5.75 Å². The van der Waals surface area contributed by atoms with Gasteiger partial charge < -0.3 is 21.1 Å². The van der Waals surface area contributed by atoms with Gasteiger partial charge in [0, 0.05) is 38.8 Å². The maximum Gasteiger partial charge on any atom is 0.416 e. The molecule has 0 spiro atoms. The molecule has 2 heterocycles. The van der Waals surface area contributed by atoms with Crippen molar-refractivity contribution in [2.45, 2.75) is 25.6 Å². The average Bonchev–Trinajstić information content (AvgIpc) is 2.70. The molecule has 2 unspecified atom stereocenters. The zero-order valence-corrected chi connectivity index (χ0v) is 16.4. The van der Waals surface area contributed by atoms with E-state index in [0.717, 1.165) is 13.1 Å². The van der Waals surface area contributed by atoms with Gasteiger partial charge in [-0.3, -0.25) is 4.90 Å². The van der Waals surface area contributed by atoms with E-state index in [0.29, 0.717) is 50.0 Å². The topological polar surface area (TPSA) is 93.5 Å². The molecule has 0 saturated carbocycles. The summed E-state index contributed by atoms with van der Waals surface area (Å²) in [6, 6.07) is -0.0127. The van der Waals surface area contributed by atoms with Gasteiger partial charge in [0.25, 0.3) is 0 Å². The third-order valence-electron chi connectivity index (χ3n) is 5.38. The van der Waals surface area contributed by atoms with Crippen molar-refractivity contribution >= 4 is 11.6 Å².